The van der Waals surface area contributed by atoms with Gasteiger partial charge in [0.2, 0.25) is 0 Å². The highest BCUT2D eigenvalue weighted by Gasteiger charge is 2.27. The molecule has 0 amide bonds. The summed E-state index contributed by atoms with van der Waals surface area (Å²) in [6.45, 7) is 10.4. The standard InChI is InChI=1S/C18H31N5O2/c1-5-19-18(22-9-6-15(7-10-22)17(24)25-4)21-12-16-20-8-11-23(16)13-14(2)3/h8,11,14-15H,5-7,9-10,12-13H2,1-4H3,(H,19,21). The van der Waals surface area contributed by atoms with E-state index in [9.17, 15) is 4.79 Å². The van der Waals surface area contributed by atoms with Gasteiger partial charge in [-0.3, -0.25) is 4.79 Å². The van der Waals surface area contributed by atoms with Crippen LogP contribution in [0.2, 0.25) is 0 Å². The first-order valence-corrected chi connectivity index (χ1v) is 9.16. The molecule has 1 fully saturated rings. The first-order valence-electron chi connectivity index (χ1n) is 9.16. The third kappa shape index (κ3) is 5.47. The summed E-state index contributed by atoms with van der Waals surface area (Å²) in [5.41, 5.74) is 0. The lowest BCUT2D eigenvalue weighted by molar-refractivity contribution is -0.146. The minimum atomic E-state index is -0.0997. The van der Waals surface area contributed by atoms with Crippen molar-refractivity contribution in [2.75, 3.05) is 26.7 Å². The van der Waals surface area contributed by atoms with Crippen LogP contribution in [0.15, 0.2) is 17.4 Å². The molecule has 2 rings (SSSR count). The lowest BCUT2D eigenvalue weighted by Gasteiger charge is -2.33. The number of hydrogen-bond acceptors (Lipinski definition) is 4. The van der Waals surface area contributed by atoms with Crippen molar-refractivity contribution in [3.05, 3.63) is 18.2 Å². The van der Waals surface area contributed by atoms with Crippen molar-refractivity contribution in [1.82, 2.24) is 19.8 Å². The van der Waals surface area contributed by atoms with E-state index in [-0.39, 0.29) is 11.9 Å². The molecule has 0 saturated carbocycles. The molecular weight excluding hydrogens is 318 g/mol. The second kappa shape index (κ2) is 9.44. The topological polar surface area (TPSA) is 71.8 Å². The van der Waals surface area contributed by atoms with E-state index < -0.39 is 0 Å². The average molecular weight is 349 g/mol. The number of ether oxygens (including phenoxy) is 1. The summed E-state index contributed by atoms with van der Waals surface area (Å²) in [5, 5.41) is 3.36. The van der Waals surface area contributed by atoms with Gasteiger partial charge < -0.3 is 19.5 Å². The Kier molecular flexibility index (Phi) is 7.28. The summed E-state index contributed by atoms with van der Waals surface area (Å²) in [4.78, 5) is 23.1. The highest BCUT2D eigenvalue weighted by atomic mass is 16.5. The number of nitrogens with zero attached hydrogens (tertiary/aromatic N) is 4. The van der Waals surface area contributed by atoms with Crippen LogP contribution in [-0.4, -0.2) is 53.1 Å². The summed E-state index contributed by atoms with van der Waals surface area (Å²) < 4.78 is 7.03. The Hall–Kier alpha value is -2.05. The maximum atomic E-state index is 11.7. The number of likely N-dealkylation sites (tertiary alicyclic amines) is 1. The van der Waals surface area contributed by atoms with Gasteiger partial charge in [0.1, 0.15) is 12.4 Å². The molecule has 140 valence electrons. The van der Waals surface area contributed by atoms with Gasteiger partial charge in [0, 0.05) is 38.6 Å². The zero-order valence-corrected chi connectivity index (χ0v) is 15.9. The van der Waals surface area contributed by atoms with E-state index in [0.717, 1.165) is 50.8 Å². The molecule has 2 heterocycles. The molecule has 0 bridgehead atoms. The maximum Gasteiger partial charge on any atom is 0.308 e. The van der Waals surface area contributed by atoms with Crippen LogP contribution >= 0.6 is 0 Å². The van der Waals surface area contributed by atoms with Gasteiger partial charge >= 0.3 is 5.97 Å². The summed E-state index contributed by atoms with van der Waals surface area (Å²) in [7, 11) is 1.46. The maximum absolute atomic E-state index is 11.7. The third-order valence-electron chi connectivity index (χ3n) is 4.40. The summed E-state index contributed by atoms with van der Waals surface area (Å²) >= 11 is 0. The van der Waals surface area contributed by atoms with Gasteiger partial charge in [-0.05, 0) is 25.7 Å². The van der Waals surface area contributed by atoms with E-state index in [4.69, 9.17) is 9.73 Å². The number of rotatable bonds is 6. The molecule has 25 heavy (non-hydrogen) atoms. The third-order valence-corrected chi connectivity index (χ3v) is 4.40. The molecule has 1 aromatic heterocycles. The first-order chi connectivity index (χ1) is 12.0. The molecule has 0 unspecified atom stereocenters. The lowest BCUT2D eigenvalue weighted by Crippen LogP contribution is -2.46. The van der Waals surface area contributed by atoms with Crippen LogP contribution in [0.25, 0.3) is 0 Å². The molecule has 1 saturated heterocycles. The number of imidazole rings is 1. The van der Waals surface area contributed by atoms with Crippen molar-refractivity contribution in [1.29, 1.82) is 0 Å². The van der Waals surface area contributed by atoms with E-state index in [1.807, 2.05) is 12.4 Å². The number of nitrogens with one attached hydrogen (secondary N) is 1. The van der Waals surface area contributed by atoms with E-state index in [0.29, 0.717) is 12.5 Å². The quantitative estimate of drug-likeness (QED) is 0.482. The Bertz CT molecular complexity index is 574. The predicted octanol–water partition coefficient (Wildman–Crippen LogP) is 1.89. The number of methoxy groups -OCH3 is 1. The Morgan fingerprint density at radius 1 is 1.44 bits per heavy atom. The van der Waals surface area contributed by atoms with Gasteiger partial charge in [0.25, 0.3) is 0 Å². The molecule has 7 nitrogen and oxygen atoms in total. The van der Waals surface area contributed by atoms with Crippen LogP contribution in [0.3, 0.4) is 0 Å². The second-order valence-corrected chi connectivity index (χ2v) is 6.84. The van der Waals surface area contributed by atoms with E-state index in [2.05, 4.69) is 40.5 Å². The van der Waals surface area contributed by atoms with Gasteiger partial charge in [0.05, 0.1) is 13.0 Å². The van der Waals surface area contributed by atoms with Gasteiger partial charge in [-0.2, -0.15) is 0 Å². The van der Waals surface area contributed by atoms with Crippen molar-refractivity contribution in [3.63, 3.8) is 0 Å². The van der Waals surface area contributed by atoms with Crippen LogP contribution in [0.4, 0.5) is 0 Å². The summed E-state index contributed by atoms with van der Waals surface area (Å²) in [6, 6.07) is 0. The smallest absolute Gasteiger partial charge is 0.308 e. The number of piperidine rings is 1. The summed E-state index contributed by atoms with van der Waals surface area (Å²) in [5.74, 6) is 2.35. The molecule has 0 atom stereocenters. The molecule has 0 aromatic carbocycles. The second-order valence-electron chi connectivity index (χ2n) is 6.84. The van der Waals surface area contributed by atoms with Crippen LogP contribution in [-0.2, 0) is 22.6 Å². The van der Waals surface area contributed by atoms with Crippen LogP contribution in [0.1, 0.15) is 39.4 Å². The number of aliphatic imine (C=N–C) groups is 1. The monoisotopic (exact) mass is 349 g/mol. The van der Waals surface area contributed by atoms with E-state index in [1.54, 1.807) is 0 Å². The number of esters is 1. The zero-order chi connectivity index (χ0) is 18.2. The number of aromatic nitrogens is 2. The predicted molar refractivity (Wildman–Crippen MR) is 98.2 cm³/mol. The molecule has 1 aliphatic heterocycles. The minimum absolute atomic E-state index is 0.00840. The van der Waals surface area contributed by atoms with E-state index >= 15 is 0 Å². The SMILES string of the molecule is CCNC(=NCc1nccn1CC(C)C)N1CCC(C(=O)OC)CC1. The fraction of sp³-hybridized carbons (Fsp3) is 0.722. The molecule has 1 N–H and O–H groups in total. The highest BCUT2D eigenvalue weighted by Crippen LogP contribution is 2.18. The number of hydrogen-bond donors (Lipinski definition) is 1. The van der Waals surface area contributed by atoms with Crippen molar-refractivity contribution < 1.29 is 9.53 Å². The van der Waals surface area contributed by atoms with Gasteiger partial charge in [0.15, 0.2) is 5.96 Å². The van der Waals surface area contributed by atoms with Crippen molar-refractivity contribution in [2.45, 2.75) is 46.7 Å². The molecule has 1 aromatic rings. The largest absolute Gasteiger partial charge is 0.469 e. The highest BCUT2D eigenvalue weighted by molar-refractivity contribution is 5.80. The Balaban J connectivity index is 2.00. The van der Waals surface area contributed by atoms with Crippen molar-refractivity contribution >= 4 is 11.9 Å². The Morgan fingerprint density at radius 2 is 2.16 bits per heavy atom. The average Bonchev–Trinajstić information content (AvgIpc) is 3.04. The number of carbonyl (C=O) groups excluding carboxylic acids is 1. The fourth-order valence-electron chi connectivity index (χ4n) is 3.12. The molecular formula is C18H31N5O2. The van der Waals surface area contributed by atoms with Gasteiger partial charge in [-0.25, -0.2) is 9.98 Å². The first kappa shape index (κ1) is 19.3. The van der Waals surface area contributed by atoms with Gasteiger partial charge in [-0.1, -0.05) is 13.8 Å². The molecule has 0 aliphatic carbocycles. The summed E-state index contributed by atoms with van der Waals surface area (Å²) in [6.07, 6.45) is 5.46. The van der Waals surface area contributed by atoms with E-state index in [1.165, 1.54) is 7.11 Å². The van der Waals surface area contributed by atoms with Gasteiger partial charge in [-0.15, -0.1) is 0 Å². The molecule has 1 aliphatic rings. The molecule has 0 radical (unpaired) electrons. The Morgan fingerprint density at radius 3 is 2.76 bits per heavy atom. The van der Waals surface area contributed by atoms with Crippen LogP contribution in [0, 0.1) is 11.8 Å². The fourth-order valence-corrected chi connectivity index (χ4v) is 3.12. The van der Waals surface area contributed by atoms with Crippen molar-refractivity contribution in [3.8, 4) is 0 Å². The van der Waals surface area contributed by atoms with Crippen LogP contribution < -0.4 is 5.32 Å². The zero-order valence-electron chi connectivity index (χ0n) is 15.9. The normalized spacial score (nSPS) is 16.4. The molecule has 7 heteroatoms. The lowest BCUT2D eigenvalue weighted by atomic mass is 9.97. The molecule has 0 spiro atoms. The van der Waals surface area contributed by atoms with Crippen molar-refractivity contribution in [2.24, 2.45) is 16.8 Å². The Labute approximate surface area is 150 Å². The number of guanidine groups is 1. The van der Waals surface area contributed by atoms with Crippen LogP contribution in [0.5, 0.6) is 0 Å². The minimum Gasteiger partial charge on any atom is -0.469 e. The number of carbonyl (C=O) groups is 1.